The summed E-state index contributed by atoms with van der Waals surface area (Å²) >= 11 is 0. The molecule has 0 saturated heterocycles. The second-order valence-electron chi connectivity index (χ2n) is 7.20. The molecule has 1 aliphatic carbocycles. The highest BCUT2D eigenvalue weighted by Gasteiger charge is 2.34. The lowest BCUT2D eigenvalue weighted by atomic mass is 9.96. The Bertz CT molecular complexity index is 1460. The van der Waals surface area contributed by atoms with Crippen LogP contribution in [0.5, 0.6) is 11.6 Å². The molecule has 3 rings (SSSR count). The molecule has 16 heteroatoms. The molecule has 2 aliphatic rings. The van der Waals surface area contributed by atoms with E-state index in [2.05, 4.69) is 20.0 Å². The first-order valence-electron chi connectivity index (χ1n) is 10.0. The van der Waals surface area contributed by atoms with E-state index in [-0.39, 0.29) is 28.2 Å². The Kier molecular flexibility index (Phi) is 7.32. The number of hydrogen-bond donors (Lipinski definition) is 4. The molecule has 37 heavy (non-hydrogen) atoms. The van der Waals surface area contributed by atoms with Gasteiger partial charge in [-0.3, -0.25) is 14.9 Å². The summed E-state index contributed by atoms with van der Waals surface area (Å²) in [7, 11) is 2.11. The second kappa shape index (κ2) is 10.4. The summed E-state index contributed by atoms with van der Waals surface area (Å²) in [5.74, 6) is -8.96. The van der Waals surface area contributed by atoms with E-state index < -0.39 is 56.4 Å². The van der Waals surface area contributed by atoms with Gasteiger partial charge in [0.1, 0.15) is 17.1 Å². The number of fused-ring (bicyclic) bond motifs is 1. The fourth-order valence-electron chi connectivity index (χ4n) is 3.22. The number of rotatable bonds is 8. The van der Waals surface area contributed by atoms with Crippen LogP contribution >= 0.6 is 0 Å². The van der Waals surface area contributed by atoms with Crippen molar-refractivity contribution in [1.29, 1.82) is 0 Å². The minimum atomic E-state index is -2.27. The number of ether oxygens (including phenoxy) is 2. The fourth-order valence-corrected chi connectivity index (χ4v) is 3.22. The zero-order valence-electron chi connectivity index (χ0n) is 19.0. The first kappa shape index (κ1) is 26.1. The Balaban J connectivity index is 2.17. The van der Waals surface area contributed by atoms with Crippen LogP contribution < -0.4 is 25.4 Å². The number of aromatic nitrogens is 2. The van der Waals surface area contributed by atoms with Crippen molar-refractivity contribution >= 4 is 23.1 Å². The van der Waals surface area contributed by atoms with Crippen molar-refractivity contribution in [2.45, 2.75) is 5.92 Å². The van der Waals surface area contributed by atoms with E-state index in [0.717, 1.165) is 37.4 Å². The average Bonchev–Trinajstić information content (AvgIpc) is 2.87. The lowest BCUT2D eigenvalue weighted by molar-refractivity contribution is -0.384. The van der Waals surface area contributed by atoms with Gasteiger partial charge < -0.3 is 45.5 Å². The summed E-state index contributed by atoms with van der Waals surface area (Å²) in [5.41, 5.74) is -1.79. The molecule has 0 radical (unpaired) electrons. The number of aromatic hydroxyl groups is 1. The summed E-state index contributed by atoms with van der Waals surface area (Å²) in [6.07, 6.45) is 0. The van der Waals surface area contributed by atoms with E-state index in [1.807, 2.05) is 0 Å². The van der Waals surface area contributed by atoms with E-state index in [4.69, 9.17) is 4.74 Å². The van der Waals surface area contributed by atoms with Crippen molar-refractivity contribution in [3.8, 4) is 23.0 Å². The number of carbonyl (C=O) groups is 2. The fraction of sp³-hybridized carbons (Fsp3) is 0.143. The molecule has 1 atom stereocenters. The van der Waals surface area contributed by atoms with E-state index in [9.17, 15) is 45.4 Å². The lowest BCUT2D eigenvalue weighted by Crippen LogP contribution is -2.32. The number of aliphatic hydroxyl groups excluding tert-OH is 1. The smallest absolute Gasteiger partial charge is 0.375 e. The van der Waals surface area contributed by atoms with Gasteiger partial charge in [0.05, 0.1) is 42.5 Å². The Labute approximate surface area is 206 Å². The average molecular weight is 515 g/mol. The molecule has 1 aliphatic heterocycles. The quantitative estimate of drug-likeness (QED) is 0.101. The van der Waals surface area contributed by atoms with Crippen LogP contribution in [-0.2, 0) is 14.3 Å². The number of nitro benzene ring substituents is 1. The van der Waals surface area contributed by atoms with E-state index >= 15 is 0 Å². The second-order valence-corrected chi connectivity index (χ2v) is 7.20. The Morgan fingerprint density at radius 2 is 1.84 bits per heavy atom. The molecule has 1 unspecified atom stereocenters. The highest BCUT2D eigenvalue weighted by Crippen LogP contribution is 2.34. The van der Waals surface area contributed by atoms with Gasteiger partial charge in [-0.05, 0) is 18.2 Å². The van der Waals surface area contributed by atoms with Crippen LogP contribution in [-0.4, -0.2) is 51.1 Å². The van der Waals surface area contributed by atoms with Crippen LogP contribution in [0.1, 0.15) is 11.6 Å². The molecule has 0 aromatic heterocycles. The van der Waals surface area contributed by atoms with Crippen LogP contribution in [0.25, 0.3) is 11.4 Å². The molecule has 16 nitrogen and oxygen atoms in total. The summed E-state index contributed by atoms with van der Waals surface area (Å²) in [6, 6.07) is 6.65. The molecule has 1 aromatic rings. The number of nitro groups is 1. The highest BCUT2D eigenvalue weighted by molar-refractivity contribution is 6.36. The number of H-pyrrole nitrogens is 1. The van der Waals surface area contributed by atoms with Crippen LogP contribution in [0, 0.1) is 20.5 Å². The van der Waals surface area contributed by atoms with Crippen LogP contribution in [0.15, 0.2) is 48.0 Å². The topological polar surface area (TPSA) is 249 Å². The monoisotopic (exact) mass is 515 g/mol. The zero-order valence-corrected chi connectivity index (χ0v) is 19.0. The predicted molar refractivity (Wildman–Crippen MR) is 122 cm³/mol. The van der Waals surface area contributed by atoms with Gasteiger partial charge >= 0.3 is 5.97 Å². The number of nitrogens with one attached hydrogen (secondary N) is 2. The number of anilines is 1. The molecular weight excluding hydrogens is 498 g/mol. The van der Waals surface area contributed by atoms with Crippen molar-refractivity contribution in [3.63, 3.8) is 0 Å². The normalized spacial score (nSPS) is 12.3. The van der Waals surface area contributed by atoms with Gasteiger partial charge in [-0.2, -0.15) is 4.90 Å². The third-order valence-corrected chi connectivity index (χ3v) is 5.00. The molecule has 0 spiro atoms. The summed E-state index contributed by atoms with van der Waals surface area (Å²) in [4.78, 5) is 40.9. The van der Waals surface area contributed by atoms with Gasteiger partial charge in [-0.15, -0.1) is 0 Å². The van der Waals surface area contributed by atoms with Crippen LogP contribution in [0.4, 0.5) is 11.4 Å². The first-order valence-corrected chi connectivity index (χ1v) is 10.0. The SMILES string of the molecule is COC(=O)C(=O)C(C([O-])=C(O)Nc1ccc(OC)cc1[N+](=O)[O-])c1nc2ccc(=[N+]([O-])[O-])cc-2[nH]c1O. The number of aromatic amines is 1. The number of benzene rings is 2. The number of carbonyl (C=O) groups excluding carboxylic acids is 2. The molecule has 0 fully saturated rings. The van der Waals surface area contributed by atoms with Gasteiger partial charge in [0.25, 0.3) is 11.5 Å². The highest BCUT2D eigenvalue weighted by atomic mass is 16.8. The molecule has 1 heterocycles. The summed E-state index contributed by atoms with van der Waals surface area (Å²) in [6.45, 7) is 0. The molecule has 1 aromatic carbocycles. The number of Topliss-reactive ketones (excluding diaryl/α,β-unsaturated/α-hetero) is 1. The Hall–Kier alpha value is -5.54. The maximum absolute atomic E-state index is 13.1. The van der Waals surface area contributed by atoms with Gasteiger partial charge in [-0.25, -0.2) is 9.78 Å². The van der Waals surface area contributed by atoms with Crippen molar-refractivity contribution in [3.05, 3.63) is 79.6 Å². The molecule has 4 N–H and O–H groups in total. The number of aliphatic hydroxyl groups is 1. The Morgan fingerprint density at radius 1 is 1.14 bits per heavy atom. The van der Waals surface area contributed by atoms with Crippen LogP contribution in [0.2, 0.25) is 0 Å². The summed E-state index contributed by atoms with van der Waals surface area (Å²) in [5, 5.41) is 69.2. The molecule has 0 saturated carbocycles. The number of hydrogen-bond acceptors (Lipinski definition) is 13. The minimum Gasteiger partial charge on any atom is -0.871 e. The molecule has 194 valence electrons. The van der Waals surface area contributed by atoms with Gasteiger partial charge in [0.2, 0.25) is 11.2 Å². The van der Waals surface area contributed by atoms with Gasteiger partial charge in [0.15, 0.2) is 5.88 Å². The maximum atomic E-state index is 13.1. The number of esters is 1. The van der Waals surface area contributed by atoms with Crippen molar-refractivity contribution in [2.24, 2.45) is 0 Å². The predicted octanol–water partition coefficient (Wildman–Crippen LogP) is -0.0701. The largest absolute Gasteiger partial charge is 0.871 e. The number of ketones is 1. The van der Waals surface area contributed by atoms with Crippen LogP contribution in [0.3, 0.4) is 0 Å². The van der Waals surface area contributed by atoms with E-state index in [1.165, 1.54) is 13.2 Å². The van der Waals surface area contributed by atoms with Crippen molar-refractivity contribution in [2.75, 3.05) is 19.5 Å². The molecule has 0 amide bonds. The third-order valence-electron chi connectivity index (χ3n) is 5.00. The minimum absolute atomic E-state index is 0.0487. The van der Waals surface area contributed by atoms with Gasteiger partial charge in [-0.1, -0.05) is 5.76 Å². The lowest BCUT2D eigenvalue weighted by Gasteiger charge is -2.25. The van der Waals surface area contributed by atoms with Crippen molar-refractivity contribution < 1.29 is 39.3 Å². The number of nitrogens with zero attached hydrogens (tertiary/aromatic N) is 3. The third kappa shape index (κ3) is 5.26. The number of allylic oxidation sites excluding steroid dienone is 1. The number of methoxy groups -OCH3 is 2. The first-order chi connectivity index (χ1) is 17.5. The summed E-state index contributed by atoms with van der Waals surface area (Å²) < 4.78 is 9.26. The van der Waals surface area contributed by atoms with Crippen molar-refractivity contribution in [1.82, 2.24) is 14.9 Å². The van der Waals surface area contributed by atoms with E-state index in [0.29, 0.717) is 0 Å². The molecular formula is C21H17N5O11-2. The van der Waals surface area contributed by atoms with Gasteiger partial charge in [0, 0.05) is 12.1 Å². The Morgan fingerprint density at radius 3 is 2.43 bits per heavy atom. The zero-order chi connectivity index (χ0) is 27.4. The van der Waals surface area contributed by atoms with E-state index in [1.54, 1.807) is 0 Å². The molecule has 0 bridgehead atoms. The maximum Gasteiger partial charge on any atom is 0.375 e. The standard InChI is InChI=1S/C21H18N5O11/c1-36-10-4-6-12(14(8-10)26(34)35)23-20(30)17(27)15(18(28)21(31)37-2)16-19(29)24-13-7-9(25(32)33)3-5-11(13)22-16/h3-8,15H,1-2H3,(H5-,22,23,24,27,28,29,30,31,32,33)/q-1/p-1.